The van der Waals surface area contributed by atoms with E-state index in [0.717, 1.165) is 61.9 Å². The molecule has 4 rings (SSSR count). The summed E-state index contributed by atoms with van der Waals surface area (Å²) in [4.78, 5) is 21.5. The number of piperazine rings is 1. The minimum atomic E-state index is -0.503. The van der Waals surface area contributed by atoms with Crippen molar-refractivity contribution < 1.29 is 9.53 Å². The largest absolute Gasteiger partial charge is 0.444 e. The van der Waals surface area contributed by atoms with Crippen molar-refractivity contribution in [3.8, 4) is 0 Å². The monoisotopic (exact) mass is 386 g/mol. The van der Waals surface area contributed by atoms with Gasteiger partial charge in [-0.1, -0.05) is 0 Å². The summed E-state index contributed by atoms with van der Waals surface area (Å²) in [7, 11) is 0. The van der Waals surface area contributed by atoms with Gasteiger partial charge in [0.05, 0.1) is 11.7 Å². The lowest BCUT2D eigenvalue weighted by molar-refractivity contribution is 0.0221. The van der Waals surface area contributed by atoms with Gasteiger partial charge in [-0.15, -0.1) is 0 Å². The number of nitrogens with zero attached hydrogens (tertiary/aromatic N) is 5. The van der Waals surface area contributed by atoms with Crippen molar-refractivity contribution in [1.29, 1.82) is 0 Å². The van der Waals surface area contributed by atoms with E-state index in [1.807, 2.05) is 43.2 Å². The Morgan fingerprint density at radius 1 is 1.21 bits per heavy atom. The van der Waals surface area contributed by atoms with Gasteiger partial charge in [-0.3, -0.25) is 4.90 Å². The highest BCUT2D eigenvalue weighted by atomic mass is 16.6. The Kier molecular flexibility index (Phi) is 4.91. The number of anilines is 1. The van der Waals surface area contributed by atoms with Crippen molar-refractivity contribution in [2.45, 2.75) is 52.2 Å². The van der Waals surface area contributed by atoms with Crippen molar-refractivity contribution in [1.82, 2.24) is 24.8 Å². The maximum Gasteiger partial charge on any atom is 0.410 e. The van der Waals surface area contributed by atoms with Crippen LogP contribution in [0.5, 0.6) is 0 Å². The van der Waals surface area contributed by atoms with E-state index in [9.17, 15) is 4.79 Å². The number of carbonyl (C=O) groups is 1. The summed E-state index contributed by atoms with van der Waals surface area (Å²) in [6.07, 6.45) is 1.58. The Morgan fingerprint density at radius 2 is 1.96 bits per heavy atom. The summed E-state index contributed by atoms with van der Waals surface area (Å²) in [6, 6.07) is 4.05. The second-order valence-electron chi connectivity index (χ2n) is 8.66. The fourth-order valence-electron chi connectivity index (χ4n) is 3.99. The van der Waals surface area contributed by atoms with Crippen LogP contribution in [0.25, 0.3) is 5.65 Å². The molecule has 2 aromatic rings. The van der Waals surface area contributed by atoms with Crippen molar-refractivity contribution in [3.63, 3.8) is 0 Å². The summed E-state index contributed by atoms with van der Waals surface area (Å²) in [5.41, 5.74) is 2.19. The van der Waals surface area contributed by atoms with Crippen LogP contribution < -0.4 is 10.2 Å². The summed E-state index contributed by atoms with van der Waals surface area (Å²) in [6.45, 7) is 12.2. The number of fused-ring (bicyclic) bond motifs is 1. The van der Waals surface area contributed by atoms with E-state index in [1.165, 1.54) is 0 Å². The number of aromatic nitrogens is 3. The number of aryl methyl sites for hydroxylation is 1. The molecule has 2 saturated heterocycles. The van der Waals surface area contributed by atoms with Crippen LogP contribution in [-0.2, 0) is 4.74 Å². The number of amides is 1. The molecule has 1 unspecified atom stereocenters. The van der Waals surface area contributed by atoms with Gasteiger partial charge in [-0.05, 0) is 40.5 Å². The molecule has 0 radical (unpaired) electrons. The van der Waals surface area contributed by atoms with E-state index < -0.39 is 5.60 Å². The van der Waals surface area contributed by atoms with E-state index in [2.05, 4.69) is 21.3 Å². The van der Waals surface area contributed by atoms with Crippen LogP contribution in [0.15, 0.2) is 12.1 Å². The molecule has 28 heavy (non-hydrogen) atoms. The zero-order valence-electron chi connectivity index (χ0n) is 17.2. The fourth-order valence-corrected chi connectivity index (χ4v) is 3.99. The van der Waals surface area contributed by atoms with Crippen molar-refractivity contribution in [2.24, 2.45) is 0 Å². The van der Waals surface area contributed by atoms with E-state index in [-0.39, 0.29) is 12.1 Å². The zero-order valence-corrected chi connectivity index (χ0v) is 17.2. The molecule has 152 valence electrons. The number of nitrogens with one attached hydrogen (secondary N) is 1. The number of ether oxygens (including phenoxy) is 1. The number of hydrogen-bond acceptors (Lipinski definition) is 6. The van der Waals surface area contributed by atoms with E-state index >= 15 is 0 Å². The molecular formula is C20H30N6O2. The predicted molar refractivity (Wildman–Crippen MR) is 108 cm³/mol. The number of hydrogen-bond donors (Lipinski definition) is 1. The topological polar surface area (TPSA) is 75.0 Å². The van der Waals surface area contributed by atoms with Gasteiger partial charge in [0.2, 0.25) is 0 Å². The normalized spacial score (nSPS) is 20.8. The molecule has 0 bridgehead atoms. The highest BCUT2D eigenvalue weighted by Gasteiger charge is 2.35. The molecule has 2 aliphatic rings. The molecule has 1 N–H and O–H groups in total. The Labute approximate surface area is 165 Å². The maximum atomic E-state index is 12.7. The van der Waals surface area contributed by atoms with Gasteiger partial charge in [0.1, 0.15) is 11.4 Å². The minimum Gasteiger partial charge on any atom is -0.444 e. The number of likely N-dealkylation sites (tertiary alicyclic amines) is 1. The first-order chi connectivity index (χ1) is 13.3. The first-order valence-corrected chi connectivity index (χ1v) is 10.1. The molecule has 4 heterocycles. The lowest BCUT2D eigenvalue weighted by atomic mass is 10.1. The molecule has 2 fully saturated rings. The van der Waals surface area contributed by atoms with Crippen LogP contribution >= 0.6 is 0 Å². The lowest BCUT2D eigenvalue weighted by Crippen LogP contribution is -2.44. The Balaban J connectivity index is 1.66. The molecule has 0 aromatic carbocycles. The van der Waals surface area contributed by atoms with E-state index in [4.69, 9.17) is 9.84 Å². The third kappa shape index (κ3) is 3.78. The molecule has 0 spiro atoms. The van der Waals surface area contributed by atoms with Gasteiger partial charge in [-0.2, -0.15) is 9.61 Å². The average Bonchev–Trinajstić information content (AvgIpc) is 3.26. The van der Waals surface area contributed by atoms with Crippen LogP contribution in [0, 0.1) is 6.92 Å². The molecule has 0 saturated carbocycles. The Morgan fingerprint density at radius 3 is 2.68 bits per heavy atom. The van der Waals surface area contributed by atoms with Crippen LogP contribution in [0.2, 0.25) is 0 Å². The first-order valence-electron chi connectivity index (χ1n) is 10.1. The molecule has 0 aliphatic carbocycles. The molecule has 8 nitrogen and oxygen atoms in total. The van der Waals surface area contributed by atoms with Crippen LogP contribution in [-0.4, -0.2) is 63.9 Å². The molecule has 2 aliphatic heterocycles. The van der Waals surface area contributed by atoms with Crippen molar-refractivity contribution in [3.05, 3.63) is 23.5 Å². The lowest BCUT2D eigenvalue weighted by Gasteiger charge is -2.29. The van der Waals surface area contributed by atoms with Crippen LogP contribution in [0.4, 0.5) is 10.6 Å². The van der Waals surface area contributed by atoms with E-state index in [1.54, 1.807) is 0 Å². The minimum absolute atomic E-state index is 0.0623. The SMILES string of the molecule is Cc1cc(N2CCNCC2)n2nc(C3CCCN3C(=O)OC(C)(C)C)cc2n1. The molecule has 2 aromatic heterocycles. The summed E-state index contributed by atoms with van der Waals surface area (Å²) in [5.74, 6) is 1.07. The standard InChI is InChI=1S/C20H30N6O2/c1-14-12-18(24-10-7-21-8-11-24)26-17(22-14)13-15(23-26)16-6-5-9-25(16)19(27)28-20(2,3)4/h12-13,16,21H,5-11H2,1-4H3. The van der Waals surface area contributed by atoms with Crippen LogP contribution in [0.3, 0.4) is 0 Å². The predicted octanol–water partition coefficient (Wildman–Crippen LogP) is 2.52. The van der Waals surface area contributed by atoms with Gasteiger partial charge in [-0.25, -0.2) is 9.78 Å². The Hall–Kier alpha value is -2.35. The van der Waals surface area contributed by atoms with Crippen molar-refractivity contribution >= 4 is 17.6 Å². The smallest absolute Gasteiger partial charge is 0.410 e. The quantitative estimate of drug-likeness (QED) is 0.855. The van der Waals surface area contributed by atoms with Gasteiger partial charge in [0, 0.05) is 50.6 Å². The van der Waals surface area contributed by atoms with Crippen LogP contribution in [0.1, 0.15) is 51.0 Å². The first kappa shape index (κ1) is 19.0. The molecule has 1 amide bonds. The number of carbonyl (C=O) groups excluding carboxylic acids is 1. The number of rotatable bonds is 2. The van der Waals surface area contributed by atoms with E-state index in [0.29, 0.717) is 6.54 Å². The second-order valence-corrected chi connectivity index (χ2v) is 8.66. The van der Waals surface area contributed by atoms with Gasteiger partial charge in [0.15, 0.2) is 5.65 Å². The molecule has 1 atom stereocenters. The summed E-state index contributed by atoms with van der Waals surface area (Å²) in [5, 5.41) is 8.27. The zero-order chi connectivity index (χ0) is 19.9. The summed E-state index contributed by atoms with van der Waals surface area (Å²) >= 11 is 0. The highest BCUT2D eigenvalue weighted by molar-refractivity contribution is 5.69. The fraction of sp³-hybridized carbons (Fsp3) is 0.650. The van der Waals surface area contributed by atoms with Gasteiger partial charge < -0.3 is 15.0 Å². The molecule has 8 heteroatoms. The summed E-state index contributed by atoms with van der Waals surface area (Å²) < 4.78 is 7.54. The maximum absolute atomic E-state index is 12.7. The third-order valence-corrected chi connectivity index (χ3v) is 5.22. The Bertz CT molecular complexity index is 865. The average molecular weight is 387 g/mol. The highest BCUT2D eigenvalue weighted by Crippen LogP contribution is 2.33. The second kappa shape index (κ2) is 7.24. The van der Waals surface area contributed by atoms with Crippen molar-refractivity contribution in [2.75, 3.05) is 37.6 Å². The third-order valence-electron chi connectivity index (χ3n) is 5.22. The molecular weight excluding hydrogens is 356 g/mol. The van der Waals surface area contributed by atoms with Gasteiger partial charge in [0.25, 0.3) is 0 Å². The van der Waals surface area contributed by atoms with Gasteiger partial charge >= 0.3 is 6.09 Å².